The van der Waals surface area contributed by atoms with Crippen LogP contribution in [0.1, 0.15) is 10.4 Å². The monoisotopic (exact) mass is 251 g/mol. The molecular weight excluding hydrogens is 242 g/mol. The Bertz CT molecular complexity index is 502. The van der Waals surface area contributed by atoms with Gasteiger partial charge in [-0.15, -0.1) is 12.4 Å². The fourth-order valence-electron chi connectivity index (χ4n) is 1.23. The van der Waals surface area contributed by atoms with E-state index in [0.29, 0.717) is 11.5 Å². The molecule has 0 spiro atoms. The lowest BCUT2D eigenvalue weighted by atomic mass is 10.2. The van der Waals surface area contributed by atoms with Crippen LogP contribution < -0.4 is 4.74 Å². The Morgan fingerprint density at radius 1 is 1.12 bits per heavy atom. The average molecular weight is 252 g/mol. The highest BCUT2D eigenvalue weighted by atomic mass is 35.5. The van der Waals surface area contributed by atoms with Crippen molar-refractivity contribution in [1.29, 1.82) is 0 Å². The molecule has 0 bridgehead atoms. The van der Waals surface area contributed by atoms with Crippen LogP contribution in [0.5, 0.6) is 11.5 Å². The van der Waals surface area contributed by atoms with Crippen molar-refractivity contribution in [1.82, 2.24) is 4.98 Å². The molecule has 1 N–H and O–H groups in total. The van der Waals surface area contributed by atoms with E-state index in [9.17, 15) is 4.79 Å². The van der Waals surface area contributed by atoms with Gasteiger partial charge in [0.2, 0.25) is 0 Å². The van der Waals surface area contributed by atoms with E-state index in [4.69, 9.17) is 9.84 Å². The number of pyridine rings is 1. The number of rotatable bonds is 3. The first-order valence-corrected chi connectivity index (χ1v) is 4.67. The van der Waals surface area contributed by atoms with Gasteiger partial charge in [0.1, 0.15) is 11.5 Å². The summed E-state index contributed by atoms with van der Waals surface area (Å²) in [5, 5.41) is 8.81. The van der Waals surface area contributed by atoms with Gasteiger partial charge in [-0.2, -0.15) is 0 Å². The fraction of sp³-hybridized carbons (Fsp3) is 0. The summed E-state index contributed by atoms with van der Waals surface area (Å²) in [6.07, 6.45) is 3.22. The van der Waals surface area contributed by atoms with Crippen molar-refractivity contribution in [3.8, 4) is 11.5 Å². The van der Waals surface area contributed by atoms with Gasteiger partial charge < -0.3 is 9.84 Å². The summed E-state index contributed by atoms with van der Waals surface area (Å²) in [5.74, 6) is 0.142. The number of hydrogen-bond acceptors (Lipinski definition) is 3. The topological polar surface area (TPSA) is 59.4 Å². The zero-order chi connectivity index (χ0) is 11.4. The lowest BCUT2D eigenvalue weighted by Gasteiger charge is -2.05. The molecule has 4 nitrogen and oxygen atoms in total. The summed E-state index contributed by atoms with van der Waals surface area (Å²) in [5.41, 5.74) is 0.201. The van der Waals surface area contributed by atoms with E-state index in [-0.39, 0.29) is 18.0 Å². The summed E-state index contributed by atoms with van der Waals surface area (Å²) in [6.45, 7) is 0. The molecule has 0 aliphatic rings. The first kappa shape index (κ1) is 13.0. The fourth-order valence-corrected chi connectivity index (χ4v) is 1.23. The van der Waals surface area contributed by atoms with Crippen molar-refractivity contribution in [3.05, 3.63) is 54.4 Å². The number of ether oxygens (including phenoxy) is 1. The number of halogens is 1. The molecule has 0 radical (unpaired) electrons. The van der Waals surface area contributed by atoms with Crippen LogP contribution in [0.3, 0.4) is 0 Å². The van der Waals surface area contributed by atoms with E-state index in [1.54, 1.807) is 36.7 Å². The molecule has 17 heavy (non-hydrogen) atoms. The van der Waals surface area contributed by atoms with Crippen molar-refractivity contribution in [2.75, 3.05) is 0 Å². The molecule has 0 fully saturated rings. The molecule has 2 aromatic rings. The molecule has 2 rings (SSSR count). The largest absolute Gasteiger partial charge is 0.478 e. The summed E-state index contributed by atoms with van der Waals surface area (Å²) in [6, 6.07) is 9.73. The summed E-state index contributed by atoms with van der Waals surface area (Å²) < 4.78 is 5.47. The molecular formula is C12H10ClNO3. The Morgan fingerprint density at radius 2 is 1.82 bits per heavy atom. The van der Waals surface area contributed by atoms with Gasteiger partial charge in [0.15, 0.2) is 0 Å². The minimum atomic E-state index is -0.972. The van der Waals surface area contributed by atoms with Gasteiger partial charge in [-0.3, -0.25) is 4.98 Å². The molecule has 1 aromatic carbocycles. The lowest BCUT2D eigenvalue weighted by molar-refractivity contribution is 0.0696. The Hall–Kier alpha value is -2.07. The summed E-state index contributed by atoms with van der Waals surface area (Å²) >= 11 is 0. The van der Waals surface area contributed by atoms with Crippen molar-refractivity contribution >= 4 is 18.4 Å². The molecule has 1 aromatic heterocycles. The minimum Gasteiger partial charge on any atom is -0.478 e. The maximum atomic E-state index is 10.7. The van der Waals surface area contributed by atoms with E-state index in [0.717, 1.165) is 0 Å². The standard InChI is InChI=1S/C12H9NO3.ClH/c14-12(15)9-2-1-3-11(8-9)16-10-4-6-13-7-5-10;/h1-8H,(H,14,15);1H. The van der Waals surface area contributed by atoms with E-state index in [1.807, 2.05) is 0 Å². The maximum Gasteiger partial charge on any atom is 0.335 e. The van der Waals surface area contributed by atoms with E-state index >= 15 is 0 Å². The van der Waals surface area contributed by atoms with Crippen LogP contribution in [0, 0.1) is 0 Å². The van der Waals surface area contributed by atoms with Gasteiger partial charge in [-0.05, 0) is 30.3 Å². The van der Waals surface area contributed by atoms with Crippen molar-refractivity contribution in [3.63, 3.8) is 0 Å². The first-order valence-electron chi connectivity index (χ1n) is 4.67. The van der Waals surface area contributed by atoms with Crippen LogP contribution in [-0.4, -0.2) is 16.1 Å². The third kappa shape index (κ3) is 3.46. The van der Waals surface area contributed by atoms with E-state index < -0.39 is 5.97 Å². The first-order chi connectivity index (χ1) is 7.75. The third-order valence-corrected chi connectivity index (χ3v) is 1.97. The molecule has 0 amide bonds. The number of aromatic nitrogens is 1. The molecule has 5 heteroatoms. The van der Waals surface area contributed by atoms with Gasteiger partial charge >= 0.3 is 5.97 Å². The highest BCUT2D eigenvalue weighted by Gasteiger charge is 2.04. The second kappa shape index (κ2) is 5.86. The molecule has 0 aliphatic carbocycles. The predicted octanol–water partition coefficient (Wildman–Crippen LogP) is 2.99. The van der Waals surface area contributed by atoms with Crippen LogP contribution >= 0.6 is 12.4 Å². The second-order valence-corrected chi connectivity index (χ2v) is 3.12. The van der Waals surface area contributed by atoms with E-state index in [1.165, 1.54) is 12.1 Å². The number of carbonyl (C=O) groups is 1. The van der Waals surface area contributed by atoms with Gasteiger partial charge in [-0.1, -0.05) is 6.07 Å². The smallest absolute Gasteiger partial charge is 0.335 e. The third-order valence-electron chi connectivity index (χ3n) is 1.97. The molecule has 1 heterocycles. The minimum absolute atomic E-state index is 0. The Labute approximate surface area is 104 Å². The zero-order valence-corrected chi connectivity index (χ0v) is 9.55. The maximum absolute atomic E-state index is 10.7. The van der Waals surface area contributed by atoms with E-state index in [2.05, 4.69) is 4.98 Å². The van der Waals surface area contributed by atoms with Gasteiger partial charge in [0, 0.05) is 12.4 Å². The van der Waals surface area contributed by atoms with Crippen molar-refractivity contribution in [2.45, 2.75) is 0 Å². The number of carboxylic acids is 1. The molecule has 0 saturated carbocycles. The molecule has 0 aliphatic heterocycles. The van der Waals surface area contributed by atoms with Crippen LogP contribution in [0.2, 0.25) is 0 Å². The Morgan fingerprint density at radius 3 is 2.47 bits per heavy atom. The van der Waals surface area contributed by atoms with Crippen LogP contribution in [-0.2, 0) is 0 Å². The van der Waals surface area contributed by atoms with Crippen LogP contribution in [0.15, 0.2) is 48.8 Å². The predicted molar refractivity (Wildman–Crippen MR) is 65.0 cm³/mol. The normalized spacial score (nSPS) is 9.18. The summed E-state index contributed by atoms with van der Waals surface area (Å²) in [7, 11) is 0. The number of hydrogen-bond donors (Lipinski definition) is 1. The van der Waals surface area contributed by atoms with Gasteiger partial charge in [0.25, 0.3) is 0 Å². The number of carboxylic acid groups (broad SMARTS) is 1. The second-order valence-electron chi connectivity index (χ2n) is 3.12. The molecule has 88 valence electrons. The number of nitrogens with zero attached hydrogens (tertiary/aromatic N) is 1. The van der Waals surface area contributed by atoms with Crippen molar-refractivity contribution < 1.29 is 14.6 Å². The Kier molecular flexibility index (Phi) is 4.48. The molecule has 0 saturated heterocycles. The van der Waals surface area contributed by atoms with Gasteiger partial charge in [0.05, 0.1) is 5.56 Å². The molecule has 0 atom stereocenters. The van der Waals surface area contributed by atoms with Gasteiger partial charge in [-0.25, -0.2) is 4.79 Å². The SMILES string of the molecule is Cl.O=C(O)c1cccc(Oc2ccncc2)c1. The van der Waals surface area contributed by atoms with Crippen LogP contribution in [0.25, 0.3) is 0 Å². The molecule has 0 unspecified atom stereocenters. The van der Waals surface area contributed by atoms with Crippen LogP contribution in [0.4, 0.5) is 0 Å². The number of benzene rings is 1. The average Bonchev–Trinajstić information content (AvgIpc) is 2.30. The zero-order valence-electron chi connectivity index (χ0n) is 8.74. The lowest BCUT2D eigenvalue weighted by Crippen LogP contribution is -1.96. The highest BCUT2D eigenvalue weighted by molar-refractivity contribution is 5.88. The number of aromatic carboxylic acids is 1. The van der Waals surface area contributed by atoms with Crippen molar-refractivity contribution in [2.24, 2.45) is 0 Å². The summed E-state index contributed by atoms with van der Waals surface area (Å²) in [4.78, 5) is 14.6. The highest BCUT2D eigenvalue weighted by Crippen LogP contribution is 2.21. The quantitative estimate of drug-likeness (QED) is 0.911. The Balaban J connectivity index is 0.00000144.